The van der Waals surface area contributed by atoms with Crippen LogP contribution in [0.3, 0.4) is 0 Å². The number of hydrogen-bond acceptors (Lipinski definition) is 3. The Labute approximate surface area is 107 Å². The van der Waals surface area contributed by atoms with Gasteiger partial charge in [-0.05, 0) is 24.3 Å². The summed E-state index contributed by atoms with van der Waals surface area (Å²) in [6, 6.07) is 0. The molecule has 1 saturated heterocycles. The minimum atomic E-state index is -0.275. The summed E-state index contributed by atoms with van der Waals surface area (Å²) < 4.78 is 5.51. The third kappa shape index (κ3) is 1.36. The minimum absolute atomic E-state index is 0.0284. The molecule has 1 aliphatic heterocycles. The molecule has 2 fully saturated rings. The molecule has 0 aromatic rings. The van der Waals surface area contributed by atoms with Crippen molar-refractivity contribution in [1.29, 1.82) is 0 Å². The van der Waals surface area contributed by atoms with E-state index in [2.05, 4.69) is 13.5 Å². The molecular formula is C15H18O3. The predicted octanol–water partition coefficient (Wildman–Crippen LogP) is 2.28. The zero-order chi connectivity index (χ0) is 13.1. The lowest BCUT2D eigenvalue weighted by Crippen LogP contribution is -2.49. The highest BCUT2D eigenvalue weighted by atomic mass is 16.6. The Kier molecular flexibility index (Phi) is 2.31. The maximum atomic E-state index is 11.9. The molecule has 0 bridgehead atoms. The zero-order valence-corrected chi connectivity index (χ0v) is 10.8. The van der Waals surface area contributed by atoms with Gasteiger partial charge in [0.15, 0.2) is 5.78 Å². The first-order valence-electron chi connectivity index (χ1n) is 6.57. The maximum Gasteiger partial charge on any atom is 0.334 e. The summed E-state index contributed by atoms with van der Waals surface area (Å²) in [5.74, 6) is -0.00378. The lowest BCUT2D eigenvalue weighted by molar-refractivity contribution is -0.149. The van der Waals surface area contributed by atoms with Gasteiger partial charge >= 0.3 is 5.97 Å². The van der Waals surface area contributed by atoms with Crippen LogP contribution in [0.15, 0.2) is 24.3 Å². The van der Waals surface area contributed by atoms with E-state index in [1.54, 1.807) is 6.08 Å². The highest BCUT2D eigenvalue weighted by Gasteiger charge is 2.56. The number of esters is 1. The summed E-state index contributed by atoms with van der Waals surface area (Å²) in [4.78, 5) is 23.6. The lowest BCUT2D eigenvalue weighted by Gasteiger charge is -2.48. The highest BCUT2D eigenvalue weighted by Crippen LogP contribution is 2.54. The Balaban J connectivity index is 2.03. The normalized spacial score (nSPS) is 46.7. The molecule has 0 amide bonds. The minimum Gasteiger partial charge on any atom is -0.458 e. The van der Waals surface area contributed by atoms with E-state index in [1.807, 2.05) is 13.0 Å². The molecule has 0 aromatic carbocycles. The fraction of sp³-hybridized carbons (Fsp3) is 0.600. The molecule has 0 N–H and O–H groups in total. The highest BCUT2D eigenvalue weighted by molar-refractivity contribution is 5.94. The Morgan fingerprint density at radius 2 is 2.17 bits per heavy atom. The number of allylic oxidation sites excluding steroid dienone is 2. The molecule has 3 aliphatic rings. The van der Waals surface area contributed by atoms with E-state index in [1.165, 1.54) is 0 Å². The molecule has 5 atom stereocenters. The molecule has 0 radical (unpaired) electrons. The smallest absolute Gasteiger partial charge is 0.334 e. The van der Waals surface area contributed by atoms with Gasteiger partial charge in [-0.3, -0.25) is 4.79 Å². The lowest BCUT2D eigenvalue weighted by atomic mass is 9.56. The van der Waals surface area contributed by atoms with Crippen LogP contribution in [0.5, 0.6) is 0 Å². The van der Waals surface area contributed by atoms with Crippen LogP contribution in [-0.2, 0) is 14.3 Å². The van der Waals surface area contributed by atoms with Gasteiger partial charge in [-0.2, -0.15) is 0 Å². The van der Waals surface area contributed by atoms with Gasteiger partial charge in [0.25, 0.3) is 0 Å². The summed E-state index contributed by atoms with van der Waals surface area (Å²) in [7, 11) is 0. The molecule has 96 valence electrons. The van der Waals surface area contributed by atoms with E-state index in [-0.39, 0.29) is 41.0 Å². The summed E-state index contributed by atoms with van der Waals surface area (Å²) in [6.45, 7) is 7.97. The monoisotopic (exact) mass is 246 g/mol. The summed E-state index contributed by atoms with van der Waals surface area (Å²) in [6.07, 6.45) is 5.47. The van der Waals surface area contributed by atoms with Crippen LogP contribution in [0.2, 0.25) is 0 Å². The number of hydrogen-bond donors (Lipinski definition) is 0. The van der Waals surface area contributed by atoms with E-state index >= 15 is 0 Å². The fourth-order valence-electron chi connectivity index (χ4n) is 3.95. The van der Waals surface area contributed by atoms with Gasteiger partial charge in [-0.15, -0.1) is 0 Å². The predicted molar refractivity (Wildman–Crippen MR) is 66.7 cm³/mol. The van der Waals surface area contributed by atoms with E-state index in [9.17, 15) is 9.59 Å². The number of rotatable bonds is 0. The molecule has 3 rings (SSSR count). The van der Waals surface area contributed by atoms with Crippen LogP contribution in [0.1, 0.15) is 26.7 Å². The second-order valence-corrected chi connectivity index (χ2v) is 6.10. The van der Waals surface area contributed by atoms with Gasteiger partial charge in [0.2, 0.25) is 0 Å². The van der Waals surface area contributed by atoms with E-state index < -0.39 is 0 Å². The molecular weight excluding hydrogens is 228 g/mol. The van der Waals surface area contributed by atoms with Crippen LogP contribution < -0.4 is 0 Å². The largest absolute Gasteiger partial charge is 0.458 e. The maximum absolute atomic E-state index is 11.9. The average molecular weight is 246 g/mol. The van der Waals surface area contributed by atoms with Crippen LogP contribution in [-0.4, -0.2) is 17.9 Å². The number of carbonyl (C=O) groups excluding carboxylic acids is 2. The topological polar surface area (TPSA) is 43.4 Å². The van der Waals surface area contributed by atoms with Crippen LogP contribution >= 0.6 is 0 Å². The average Bonchev–Trinajstić information content (AvgIpc) is 2.60. The van der Waals surface area contributed by atoms with Crippen molar-refractivity contribution in [3.63, 3.8) is 0 Å². The van der Waals surface area contributed by atoms with Crippen molar-refractivity contribution in [2.45, 2.75) is 32.8 Å². The molecule has 0 aromatic heterocycles. The molecule has 3 nitrogen and oxygen atoms in total. The molecule has 1 saturated carbocycles. The number of fused-ring (bicyclic) bond motifs is 3. The standard InChI is InChI=1S/C15H18O3/c1-8-10-4-6-15(3)7-5-11(16)9(2)12(15)13(10)18-14(8)17/h5,7,9-10,12-13H,1,4,6H2,2-3H3/t9-,10-,12-,13-,15-/m0/s1. The van der Waals surface area contributed by atoms with Crippen LogP contribution in [0.4, 0.5) is 0 Å². The summed E-state index contributed by atoms with van der Waals surface area (Å²) in [5, 5.41) is 0. The molecule has 0 unspecified atom stereocenters. The Morgan fingerprint density at radius 1 is 1.44 bits per heavy atom. The van der Waals surface area contributed by atoms with E-state index in [4.69, 9.17) is 4.74 Å². The van der Waals surface area contributed by atoms with E-state index in [0.717, 1.165) is 12.8 Å². The van der Waals surface area contributed by atoms with Gasteiger partial charge in [0.1, 0.15) is 6.10 Å². The van der Waals surface area contributed by atoms with Crippen LogP contribution in [0.25, 0.3) is 0 Å². The van der Waals surface area contributed by atoms with Crippen molar-refractivity contribution in [3.05, 3.63) is 24.3 Å². The Morgan fingerprint density at radius 3 is 2.89 bits per heavy atom. The van der Waals surface area contributed by atoms with Crippen molar-refractivity contribution in [3.8, 4) is 0 Å². The SMILES string of the molecule is C=C1C(=O)O[C@@H]2[C@@H]3[C@@H](C)C(=O)C=C[C@]3(C)CC[C@@H]12. The van der Waals surface area contributed by atoms with Gasteiger partial charge < -0.3 is 4.74 Å². The van der Waals surface area contributed by atoms with E-state index in [0.29, 0.717) is 5.57 Å². The number of ether oxygens (including phenoxy) is 1. The first-order chi connectivity index (χ1) is 8.44. The molecule has 18 heavy (non-hydrogen) atoms. The molecule has 3 heteroatoms. The van der Waals surface area contributed by atoms with Crippen molar-refractivity contribution >= 4 is 11.8 Å². The number of ketones is 1. The molecule has 2 aliphatic carbocycles. The second kappa shape index (κ2) is 3.56. The van der Waals surface area contributed by atoms with Crippen molar-refractivity contribution in [2.24, 2.45) is 23.2 Å². The molecule has 0 spiro atoms. The van der Waals surface area contributed by atoms with Gasteiger partial charge in [-0.1, -0.05) is 26.5 Å². The van der Waals surface area contributed by atoms with Gasteiger partial charge in [0, 0.05) is 23.3 Å². The third-order valence-electron chi connectivity index (χ3n) is 5.07. The second-order valence-electron chi connectivity index (χ2n) is 6.10. The third-order valence-corrected chi connectivity index (χ3v) is 5.07. The Hall–Kier alpha value is -1.38. The zero-order valence-electron chi connectivity index (χ0n) is 10.8. The quantitative estimate of drug-likeness (QED) is 0.486. The van der Waals surface area contributed by atoms with Gasteiger partial charge in [-0.25, -0.2) is 4.79 Å². The van der Waals surface area contributed by atoms with Crippen molar-refractivity contribution in [1.82, 2.24) is 0 Å². The van der Waals surface area contributed by atoms with Crippen molar-refractivity contribution < 1.29 is 14.3 Å². The summed E-state index contributed by atoms with van der Waals surface area (Å²) >= 11 is 0. The molecule has 1 heterocycles. The van der Waals surface area contributed by atoms with Gasteiger partial charge in [0.05, 0.1) is 0 Å². The summed E-state index contributed by atoms with van der Waals surface area (Å²) in [5.41, 5.74) is 0.565. The number of carbonyl (C=O) groups is 2. The first-order valence-corrected chi connectivity index (χ1v) is 6.57. The van der Waals surface area contributed by atoms with Crippen LogP contribution in [0, 0.1) is 23.2 Å². The van der Waals surface area contributed by atoms with Crippen molar-refractivity contribution in [2.75, 3.05) is 0 Å². The Bertz CT molecular complexity index is 476. The fourth-order valence-corrected chi connectivity index (χ4v) is 3.95. The first kappa shape index (κ1) is 11.7.